The van der Waals surface area contributed by atoms with Crippen LogP contribution in [0.2, 0.25) is 0 Å². The van der Waals surface area contributed by atoms with Crippen LogP contribution >= 0.6 is 0 Å². The van der Waals surface area contributed by atoms with Crippen LogP contribution in [0.15, 0.2) is 24.5 Å². The van der Waals surface area contributed by atoms with E-state index in [2.05, 4.69) is 6.92 Å². The average Bonchev–Trinajstić information content (AvgIpc) is 2.19. The van der Waals surface area contributed by atoms with Gasteiger partial charge in [0.25, 0.3) is 6.73 Å². The lowest BCUT2D eigenvalue weighted by Crippen LogP contribution is -3.00. The normalized spacial score (nSPS) is 9.40. The van der Waals surface area contributed by atoms with E-state index < -0.39 is 5.91 Å². The van der Waals surface area contributed by atoms with Gasteiger partial charge in [0.05, 0.1) is 12.2 Å². The van der Waals surface area contributed by atoms with E-state index in [1.807, 2.05) is 4.57 Å². The van der Waals surface area contributed by atoms with E-state index in [4.69, 9.17) is 10.5 Å². The molecule has 0 aromatic carbocycles. The Balaban J connectivity index is 0.00000196. The lowest BCUT2D eigenvalue weighted by molar-refractivity contribution is -0.732. The first-order valence-electron chi connectivity index (χ1n) is 4.60. The molecule has 0 unspecified atom stereocenters. The molecule has 0 spiro atoms. The number of carbonyl (C=O) groups excluding carboxylic acids is 1. The van der Waals surface area contributed by atoms with Crippen LogP contribution in [0.3, 0.4) is 0 Å². The Morgan fingerprint density at radius 3 is 2.53 bits per heavy atom. The molecule has 84 valence electrons. The molecule has 5 heteroatoms. The monoisotopic (exact) mass is 230 g/mol. The minimum atomic E-state index is -0.411. The maximum Gasteiger partial charge on any atom is 0.252 e. The summed E-state index contributed by atoms with van der Waals surface area (Å²) in [5.41, 5.74) is 5.62. The van der Waals surface area contributed by atoms with Gasteiger partial charge in [0, 0.05) is 12.1 Å². The molecule has 0 aliphatic rings. The second kappa shape index (κ2) is 7.20. The van der Waals surface area contributed by atoms with Crippen LogP contribution < -0.4 is 22.7 Å². The fourth-order valence-electron chi connectivity index (χ4n) is 1.02. The number of ether oxygens (including phenoxy) is 1. The average molecular weight is 231 g/mol. The summed E-state index contributed by atoms with van der Waals surface area (Å²) in [5, 5.41) is 0. The van der Waals surface area contributed by atoms with E-state index in [1.54, 1.807) is 24.5 Å². The number of aromatic nitrogens is 1. The standard InChI is InChI=1S/C10H14N2O2.ClH/c1-2-7-14-8-12-5-3-9(4-6-12)10(11)13;/h3-6H,2,7-8H2,1H3,(H-,11,13);1H. The van der Waals surface area contributed by atoms with Crippen molar-refractivity contribution in [2.24, 2.45) is 5.73 Å². The summed E-state index contributed by atoms with van der Waals surface area (Å²) in [6.45, 7) is 3.30. The van der Waals surface area contributed by atoms with E-state index in [0.717, 1.165) is 13.0 Å². The highest BCUT2D eigenvalue weighted by molar-refractivity contribution is 5.92. The van der Waals surface area contributed by atoms with Crippen molar-refractivity contribution in [2.75, 3.05) is 6.61 Å². The van der Waals surface area contributed by atoms with Crippen molar-refractivity contribution in [1.29, 1.82) is 0 Å². The number of amides is 1. The molecule has 0 radical (unpaired) electrons. The lowest BCUT2D eigenvalue weighted by Gasteiger charge is -1.98. The molecule has 1 heterocycles. The number of hydrogen-bond acceptors (Lipinski definition) is 2. The summed E-state index contributed by atoms with van der Waals surface area (Å²) >= 11 is 0. The molecular formula is C10H15ClN2O2. The summed E-state index contributed by atoms with van der Waals surface area (Å²) in [6, 6.07) is 3.36. The Morgan fingerprint density at radius 2 is 2.07 bits per heavy atom. The zero-order valence-corrected chi connectivity index (χ0v) is 9.41. The van der Waals surface area contributed by atoms with E-state index in [0.29, 0.717) is 12.3 Å². The number of carbonyl (C=O) groups is 1. The Hall–Kier alpha value is -1.13. The molecule has 0 atom stereocenters. The Bertz CT molecular complexity index is 301. The third-order valence-electron chi connectivity index (χ3n) is 1.76. The van der Waals surface area contributed by atoms with Crippen LogP contribution in [0, 0.1) is 0 Å². The van der Waals surface area contributed by atoms with Gasteiger partial charge in [-0.25, -0.2) is 0 Å². The van der Waals surface area contributed by atoms with Gasteiger partial charge < -0.3 is 22.9 Å². The third kappa shape index (κ3) is 4.76. The summed E-state index contributed by atoms with van der Waals surface area (Å²) in [5.74, 6) is -0.411. The van der Waals surface area contributed by atoms with Gasteiger partial charge in [0.2, 0.25) is 5.91 Å². The molecule has 1 aromatic rings. The molecule has 0 fully saturated rings. The van der Waals surface area contributed by atoms with Crippen molar-refractivity contribution in [3.8, 4) is 0 Å². The minimum Gasteiger partial charge on any atom is -1.00 e. The zero-order valence-electron chi connectivity index (χ0n) is 8.65. The van der Waals surface area contributed by atoms with Crippen molar-refractivity contribution in [1.82, 2.24) is 0 Å². The van der Waals surface area contributed by atoms with Crippen molar-refractivity contribution in [2.45, 2.75) is 20.1 Å². The van der Waals surface area contributed by atoms with Gasteiger partial charge in [0.1, 0.15) is 0 Å². The number of primary amides is 1. The van der Waals surface area contributed by atoms with Gasteiger partial charge >= 0.3 is 0 Å². The fourth-order valence-corrected chi connectivity index (χ4v) is 1.02. The molecule has 0 aliphatic heterocycles. The van der Waals surface area contributed by atoms with Crippen molar-refractivity contribution in [3.63, 3.8) is 0 Å². The number of rotatable bonds is 5. The van der Waals surface area contributed by atoms with Gasteiger partial charge in [-0.05, 0) is 6.42 Å². The molecule has 0 bridgehead atoms. The summed E-state index contributed by atoms with van der Waals surface area (Å²) in [6.07, 6.45) is 4.55. The number of pyridine rings is 1. The molecule has 2 N–H and O–H groups in total. The largest absolute Gasteiger partial charge is 1.00 e. The smallest absolute Gasteiger partial charge is 0.252 e. The first-order valence-corrected chi connectivity index (χ1v) is 4.60. The molecule has 0 saturated carbocycles. The van der Waals surface area contributed by atoms with Crippen LogP contribution in [-0.4, -0.2) is 12.5 Å². The highest BCUT2D eigenvalue weighted by atomic mass is 35.5. The lowest BCUT2D eigenvalue weighted by atomic mass is 10.2. The summed E-state index contributed by atoms with van der Waals surface area (Å²) in [4.78, 5) is 10.8. The van der Waals surface area contributed by atoms with Gasteiger partial charge in [-0.15, -0.1) is 0 Å². The quantitative estimate of drug-likeness (QED) is 0.448. The van der Waals surface area contributed by atoms with Crippen molar-refractivity contribution >= 4 is 5.91 Å². The predicted octanol–water partition coefficient (Wildman–Crippen LogP) is -2.54. The molecule has 15 heavy (non-hydrogen) atoms. The second-order valence-electron chi connectivity index (χ2n) is 3.00. The first-order chi connectivity index (χ1) is 6.74. The van der Waals surface area contributed by atoms with Crippen molar-refractivity contribution < 1.29 is 26.5 Å². The van der Waals surface area contributed by atoms with Crippen LogP contribution in [0.4, 0.5) is 0 Å². The first kappa shape index (κ1) is 13.9. The zero-order chi connectivity index (χ0) is 10.4. The minimum absolute atomic E-state index is 0. The molecule has 4 nitrogen and oxygen atoms in total. The van der Waals surface area contributed by atoms with E-state index >= 15 is 0 Å². The Labute approximate surface area is 95.5 Å². The van der Waals surface area contributed by atoms with Gasteiger partial charge in [0.15, 0.2) is 12.4 Å². The van der Waals surface area contributed by atoms with E-state index in [-0.39, 0.29) is 12.4 Å². The Morgan fingerprint density at radius 1 is 1.47 bits per heavy atom. The maximum absolute atomic E-state index is 10.8. The molecule has 1 amide bonds. The summed E-state index contributed by atoms with van der Waals surface area (Å²) < 4.78 is 7.17. The highest BCUT2D eigenvalue weighted by Crippen LogP contribution is 1.92. The number of nitrogens with two attached hydrogens (primary N) is 1. The highest BCUT2D eigenvalue weighted by Gasteiger charge is 2.03. The van der Waals surface area contributed by atoms with Gasteiger partial charge in [-0.1, -0.05) is 6.92 Å². The topological polar surface area (TPSA) is 56.2 Å². The SMILES string of the molecule is CCCOC[n+]1ccc(C(N)=O)cc1.[Cl-]. The van der Waals surface area contributed by atoms with E-state index in [9.17, 15) is 4.79 Å². The molecule has 0 aliphatic carbocycles. The maximum atomic E-state index is 10.8. The number of nitrogens with zero attached hydrogens (tertiary/aromatic N) is 1. The van der Waals surface area contributed by atoms with Gasteiger partial charge in [-0.3, -0.25) is 4.79 Å². The van der Waals surface area contributed by atoms with Gasteiger partial charge in [-0.2, -0.15) is 4.57 Å². The Kier molecular flexibility index (Phi) is 6.66. The molecule has 1 rings (SSSR count). The third-order valence-corrected chi connectivity index (χ3v) is 1.76. The predicted molar refractivity (Wildman–Crippen MR) is 51.4 cm³/mol. The van der Waals surface area contributed by atoms with Crippen LogP contribution in [0.5, 0.6) is 0 Å². The van der Waals surface area contributed by atoms with Crippen LogP contribution in [0.25, 0.3) is 0 Å². The number of hydrogen-bond donors (Lipinski definition) is 1. The van der Waals surface area contributed by atoms with Crippen LogP contribution in [-0.2, 0) is 11.5 Å². The summed E-state index contributed by atoms with van der Waals surface area (Å²) in [7, 11) is 0. The van der Waals surface area contributed by atoms with Crippen LogP contribution in [0.1, 0.15) is 23.7 Å². The van der Waals surface area contributed by atoms with Crippen molar-refractivity contribution in [3.05, 3.63) is 30.1 Å². The fraction of sp³-hybridized carbons (Fsp3) is 0.400. The second-order valence-corrected chi connectivity index (χ2v) is 3.00. The molecule has 0 saturated heterocycles. The molecular weight excluding hydrogens is 216 g/mol. The number of halogens is 1. The van der Waals surface area contributed by atoms with E-state index in [1.165, 1.54) is 0 Å². The molecule has 1 aromatic heterocycles.